The Morgan fingerprint density at radius 3 is 2.35 bits per heavy atom. The second-order valence-electron chi connectivity index (χ2n) is 4.76. The molecule has 0 saturated carbocycles. The topological polar surface area (TPSA) is 17.1 Å². The van der Waals surface area contributed by atoms with Crippen LogP contribution in [0.2, 0.25) is 0 Å². The first-order chi connectivity index (χ1) is 9.61. The molecule has 2 aromatic rings. The van der Waals surface area contributed by atoms with Crippen molar-refractivity contribution in [2.24, 2.45) is 0 Å². The maximum atomic E-state index is 13.5. The molecule has 0 heterocycles. The zero-order valence-corrected chi connectivity index (χ0v) is 12.9. The zero-order chi connectivity index (χ0) is 14.5. The molecule has 0 aliphatic rings. The molecular formula is C17H16BrFO. The molecule has 0 unspecified atom stereocenters. The van der Waals surface area contributed by atoms with E-state index < -0.39 is 5.82 Å². The Balaban J connectivity index is 2.18. The van der Waals surface area contributed by atoms with Crippen molar-refractivity contribution < 1.29 is 9.18 Å². The summed E-state index contributed by atoms with van der Waals surface area (Å²) in [5.41, 5.74) is 2.18. The predicted molar refractivity (Wildman–Crippen MR) is 82.6 cm³/mol. The van der Waals surface area contributed by atoms with Crippen LogP contribution < -0.4 is 0 Å². The molecule has 0 radical (unpaired) electrons. The number of hydrogen-bond acceptors (Lipinski definition) is 1. The number of aryl methyl sites for hydroxylation is 1. The van der Waals surface area contributed by atoms with Gasteiger partial charge in [-0.2, -0.15) is 0 Å². The summed E-state index contributed by atoms with van der Waals surface area (Å²) in [6, 6.07) is 12.0. The second-order valence-corrected chi connectivity index (χ2v) is 5.61. The molecule has 0 aliphatic heterocycles. The molecule has 2 rings (SSSR count). The van der Waals surface area contributed by atoms with Gasteiger partial charge in [-0.25, -0.2) is 4.39 Å². The van der Waals surface area contributed by atoms with E-state index >= 15 is 0 Å². The molecule has 0 spiro atoms. The third-order valence-electron chi connectivity index (χ3n) is 3.22. The van der Waals surface area contributed by atoms with E-state index in [9.17, 15) is 9.18 Å². The summed E-state index contributed by atoms with van der Waals surface area (Å²) in [4.78, 5) is 12.3. The van der Waals surface area contributed by atoms with Crippen molar-refractivity contribution in [1.82, 2.24) is 0 Å². The average Bonchev–Trinajstić information content (AvgIpc) is 2.48. The van der Waals surface area contributed by atoms with Gasteiger partial charge in [0, 0.05) is 11.1 Å². The Labute approximate surface area is 127 Å². The fourth-order valence-corrected chi connectivity index (χ4v) is 2.25. The molecule has 2 aromatic carbocycles. The highest BCUT2D eigenvalue weighted by Gasteiger charge is 2.11. The smallest absolute Gasteiger partial charge is 0.193 e. The van der Waals surface area contributed by atoms with Gasteiger partial charge in [-0.15, -0.1) is 0 Å². The first-order valence-electron chi connectivity index (χ1n) is 6.70. The van der Waals surface area contributed by atoms with E-state index in [4.69, 9.17) is 0 Å². The third kappa shape index (κ3) is 3.54. The summed E-state index contributed by atoms with van der Waals surface area (Å²) in [6.45, 7) is 2.15. The molecule has 20 heavy (non-hydrogen) atoms. The molecule has 0 aromatic heterocycles. The van der Waals surface area contributed by atoms with Crippen LogP contribution >= 0.6 is 15.9 Å². The van der Waals surface area contributed by atoms with Crippen LogP contribution in [0.4, 0.5) is 4.39 Å². The van der Waals surface area contributed by atoms with Crippen molar-refractivity contribution in [3.8, 4) is 0 Å². The maximum Gasteiger partial charge on any atom is 0.193 e. The summed E-state index contributed by atoms with van der Waals surface area (Å²) in [7, 11) is 0. The SMILES string of the molecule is CCCCc1ccc(C(=O)c2ccc(Br)c(F)c2)cc1. The van der Waals surface area contributed by atoms with Crippen molar-refractivity contribution in [2.45, 2.75) is 26.2 Å². The van der Waals surface area contributed by atoms with Crippen LogP contribution in [0.5, 0.6) is 0 Å². The summed E-state index contributed by atoms with van der Waals surface area (Å²) in [5, 5.41) is 0. The second kappa shape index (κ2) is 6.80. The lowest BCUT2D eigenvalue weighted by Gasteiger charge is -2.04. The summed E-state index contributed by atoms with van der Waals surface area (Å²) < 4.78 is 13.8. The van der Waals surface area contributed by atoms with Crippen molar-refractivity contribution >= 4 is 21.7 Å². The van der Waals surface area contributed by atoms with Crippen molar-refractivity contribution in [3.05, 3.63) is 69.4 Å². The number of hydrogen-bond donors (Lipinski definition) is 0. The van der Waals surface area contributed by atoms with Crippen LogP contribution in [0.25, 0.3) is 0 Å². The highest BCUT2D eigenvalue weighted by Crippen LogP contribution is 2.19. The fraction of sp³-hybridized carbons (Fsp3) is 0.235. The standard InChI is InChI=1S/C17H16BrFO/c1-2-3-4-12-5-7-13(8-6-12)17(20)14-9-10-15(18)16(19)11-14/h5-11H,2-4H2,1H3. The van der Waals surface area contributed by atoms with Gasteiger partial charge >= 0.3 is 0 Å². The Morgan fingerprint density at radius 1 is 1.10 bits per heavy atom. The molecule has 1 nitrogen and oxygen atoms in total. The van der Waals surface area contributed by atoms with Gasteiger partial charge in [-0.3, -0.25) is 4.79 Å². The predicted octanol–water partition coefficient (Wildman–Crippen LogP) is 5.16. The Bertz CT molecular complexity index is 605. The summed E-state index contributed by atoms with van der Waals surface area (Å²) in [6.07, 6.45) is 3.32. The molecule has 0 aliphatic carbocycles. The first kappa shape index (κ1) is 14.9. The van der Waals surface area contributed by atoms with Crippen LogP contribution in [-0.2, 0) is 6.42 Å². The number of halogens is 2. The number of unbranched alkanes of at least 4 members (excludes halogenated alkanes) is 1. The minimum Gasteiger partial charge on any atom is -0.289 e. The van der Waals surface area contributed by atoms with Gasteiger partial charge in [0.05, 0.1) is 4.47 Å². The van der Waals surface area contributed by atoms with Gasteiger partial charge in [0.25, 0.3) is 0 Å². The normalized spacial score (nSPS) is 10.6. The highest BCUT2D eigenvalue weighted by atomic mass is 79.9. The molecule has 0 saturated heterocycles. The molecule has 104 valence electrons. The lowest BCUT2D eigenvalue weighted by molar-refractivity contribution is 0.103. The number of carbonyl (C=O) groups is 1. The van der Waals surface area contributed by atoms with Crippen molar-refractivity contribution in [1.29, 1.82) is 0 Å². The van der Waals surface area contributed by atoms with E-state index in [1.165, 1.54) is 11.6 Å². The first-order valence-corrected chi connectivity index (χ1v) is 7.50. The van der Waals surface area contributed by atoms with Gasteiger partial charge in [0.2, 0.25) is 0 Å². The Kier molecular flexibility index (Phi) is 5.07. The maximum absolute atomic E-state index is 13.5. The van der Waals surface area contributed by atoms with Crippen LogP contribution in [0.3, 0.4) is 0 Å². The Morgan fingerprint density at radius 2 is 1.75 bits per heavy atom. The van der Waals surface area contributed by atoms with Crippen LogP contribution in [0.15, 0.2) is 46.9 Å². The van der Waals surface area contributed by atoms with Gasteiger partial charge < -0.3 is 0 Å². The molecule has 0 atom stereocenters. The summed E-state index contributed by atoms with van der Waals surface area (Å²) >= 11 is 3.08. The minimum atomic E-state index is -0.421. The highest BCUT2D eigenvalue weighted by molar-refractivity contribution is 9.10. The monoisotopic (exact) mass is 334 g/mol. The molecule has 3 heteroatoms. The van der Waals surface area contributed by atoms with Gasteiger partial charge in [-0.05, 0) is 52.5 Å². The van der Waals surface area contributed by atoms with E-state index in [0.717, 1.165) is 19.3 Å². The number of rotatable bonds is 5. The molecular weight excluding hydrogens is 319 g/mol. The van der Waals surface area contributed by atoms with Gasteiger partial charge in [0.1, 0.15) is 5.82 Å². The van der Waals surface area contributed by atoms with E-state index in [-0.39, 0.29) is 5.78 Å². The van der Waals surface area contributed by atoms with E-state index in [1.807, 2.05) is 24.3 Å². The summed E-state index contributed by atoms with van der Waals surface area (Å²) in [5.74, 6) is -0.575. The van der Waals surface area contributed by atoms with Gasteiger partial charge in [-0.1, -0.05) is 37.6 Å². The minimum absolute atomic E-state index is 0.154. The van der Waals surface area contributed by atoms with E-state index in [1.54, 1.807) is 12.1 Å². The lowest BCUT2D eigenvalue weighted by atomic mass is 10.0. The van der Waals surface area contributed by atoms with E-state index in [2.05, 4.69) is 22.9 Å². The molecule has 0 fully saturated rings. The number of benzene rings is 2. The Hall–Kier alpha value is -1.48. The largest absolute Gasteiger partial charge is 0.289 e. The van der Waals surface area contributed by atoms with Crippen LogP contribution in [0, 0.1) is 5.82 Å². The lowest BCUT2D eigenvalue weighted by Crippen LogP contribution is -2.02. The third-order valence-corrected chi connectivity index (χ3v) is 3.86. The number of ketones is 1. The number of carbonyl (C=O) groups excluding carboxylic acids is 1. The van der Waals surface area contributed by atoms with E-state index in [0.29, 0.717) is 15.6 Å². The molecule has 0 N–H and O–H groups in total. The van der Waals surface area contributed by atoms with Gasteiger partial charge in [0.15, 0.2) is 5.78 Å². The van der Waals surface area contributed by atoms with Crippen molar-refractivity contribution in [2.75, 3.05) is 0 Å². The molecule has 0 amide bonds. The zero-order valence-electron chi connectivity index (χ0n) is 11.3. The van der Waals surface area contributed by atoms with Crippen LogP contribution in [-0.4, -0.2) is 5.78 Å². The molecule has 0 bridgehead atoms. The quantitative estimate of drug-likeness (QED) is 0.690. The fourth-order valence-electron chi connectivity index (χ4n) is 2.01. The van der Waals surface area contributed by atoms with Crippen molar-refractivity contribution in [3.63, 3.8) is 0 Å². The average molecular weight is 335 g/mol. The van der Waals surface area contributed by atoms with Crippen LogP contribution in [0.1, 0.15) is 41.3 Å².